The first-order chi connectivity index (χ1) is 11.8. The molecule has 0 spiro atoms. The molecule has 0 saturated carbocycles. The fourth-order valence-electron chi connectivity index (χ4n) is 3.44. The minimum Gasteiger partial charge on any atom is -0.469 e. The number of hydrogen-bond donors (Lipinski definition) is 0. The zero-order valence-electron chi connectivity index (χ0n) is 14.1. The lowest BCUT2D eigenvalue weighted by molar-refractivity contribution is -0.0180. The Morgan fingerprint density at radius 1 is 1.17 bits per heavy atom. The molecule has 2 aliphatic rings. The molecule has 124 valence electrons. The van der Waals surface area contributed by atoms with Crippen molar-refractivity contribution in [1.82, 2.24) is 5.01 Å². The summed E-state index contributed by atoms with van der Waals surface area (Å²) in [6.07, 6.45) is 4.09. The molecule has 0 aromatic heterocycles. The van der Waals surface area contributed by atoms with Crippen LogP contribution in [0.1, 0.15) is 35.6 Å². The smallest absolute Gasteiger partial charge is 0.188 e. The number of thioether (sulfide) groups is 1. The first-order valence-electron chi connectivity index (χ1n) is 8.43. The molecular formula is C20H22N2OS. The van der Waals surface area contributed by atoms with E-state index in [1.807, 2.05) is 11.8 Å². The Morgan fingerprint density at radius 3 is 2.75 bits per heavy atom. The maximum atomic E-state index is 6.26. The molecule has 0 amide bonds. The average molecular weight is 338 g/mol. The van der Waals surface area contributed by atoms with Crippen LogP contribution in [0.4, 0.5) is 0 Å². The highest BCUT2D eigenvalue weighted by atomic mass is 32.2. The van der Waals surface area contributed by atoms with Crippen molar-refractivity contribution in [2.24, 2.45) is 5.10 Å². The van der Waals surface area contributed by atoms with Gasteiger partial charge in [-0.25, -0.2) is 0 Å². The Kier molecular flexibility index (Phi) is 4.23. The fraction of sp³-hybridized carbons (Fsp3) is 0.350. The molecule has 2 atom stereocenters. The topological polar surface area (TPSA) is 24.8 Å². The molecule has 0 N–H and O–H groups in total. The summed E-state index contributed by atoms with van der Waals surface area (Å²) in [6.45, 7) is 2.12. The molecule has 24 heavy (non-hydrogen) atoms. The molecule has 2 aliphatic heterocycles. The third-order valence-electron chi connectivity index (χ3n) is 4.73. The van der Waals surface area contributed by atoms with E-state index in [4.69, 9.17) is 9.84 Å². The van der Waals surface area contributed by atoms with E-state index in [1.165, 1.54) is 16.7 Å². The minimum atomic E-state index is 0.0281. The van der Waals surface area contributed by atoms with Crippen LogP contribution >= 0.6 is 11.8 Å². The Bertz CT molecular complexity index is 756. The van der Waals surface area contributed by atoms with Gasteiger partial charge in [-0.3, -0.25) is 5.01 Å². The third kappa shape index (κ3) is 2.80. The van der Waals surface area contributed by atoms with Gasteiger partial charge >= 0.3 is 0 Å². The van der Waals surface area contributed by atoms with Crippen molar-refractivity contribution in [2.75, 3.05) is 12.0 Å². The summed E-state index contributed by atoms with van der Waals surface area (Å²) in [7, 11) is 0. The summed E-state index contributed by atoms with van der Waals surface area (Å²) in [5.41, 5.74) is 4.91. The molecule has 4 heteroatoms. The molecule has 0 bridgehead atoms. The van der Waals surface area contributed by atoms with Crippen molar-refractivity contribution in [2.45, 2.75) is 32.0 Å². The van der Waals surface area contributed by atoms with Gasteiger partial charge in [-0.1, -0.05) is 48.0 Å². The number of aryl methyl sites for hydroxylation is 1. The second-order valence-electron chi connectivity index (χ2n) is 6.40. The first-order valence-corrected chi connectivity index (χ1v) is 9.83. The molecule has 0 radical (unpaired) electrons. The standard InChI is InChI=1S/C20H22N2OS/c1-14-7-9-15(10-8-14)17-13-18-16-5-3-4-6-19(16)23-20(11-12-24-2)22(18)21-17/h3-10,18,20H,11-13H2,1-2H3/t18-,20-/m0/s1. The third-order valence-corrected chi connectivity index (χ3v) is 5.38. The van der Waals surface area contributed by atoms with Crippen molar-refractivity contribution in [3.05, 3.63) is 65.2 Å². The van der Waals surface area contributed by atoms with Crippen LogP contribution in [0.3, 0.4) is 0 Å². The Labute approximate surface area is 147 Å². The van der Waals surface area contributed by atoms with Crippen molar-refractivity contribution >= 4 is 17.5 Å². The van der Waals surface area contributed by atoms with Crippen LogP contribution in [0.15, 0.2) is 53.6 Å². The van der Waals surface area contributed by atoms with E-state index in [-0.39, 0.29) is 12.3 Å². The molecular weight excluding hydrogens is 316 g/mol. The zero-order valence-corrected chi connectivity index (χ0v) is 14.9. The lowest BCUT2D eigenvalue weighted by atomic mass is 9.96. The van der Waals surface area contributed by atoms with Crippen molar-refractivity contribution in [3.63, 3.8) is 0 Å². The van der Waals surface area contributed by atoms with Crippen molar-refractivity contribution in [1.29, 1.82) is 0 Å². The molecule has 4 rings (SSSR count). The zero-order chi connectivity index (χ0) is 16.5. The molecule has 0 fully saturated rings. The number of hydrazone groups is 1. The molecule has 0 aliphatic carbocycles. The molecule has 2 heterocycles. The largest absolute Gasteiger partial charge is 0.469 e. The molecule has 0 saturated heterocycles. The average Bonchev–Trinajstić information content (AvgIpc) is 3.06. The number of rotatable bonds is 4. The highest BCUT2D eigenvalue weighted by Crippen LogP contribution is 2.43. The SMILES string of the molecule is CSCC[C@@H]1Oc2ccccc2[C@@H]2CC(c3ccc(C)cc3)=NN12. The fourth-order valence-corrected chi connectivity index (χ4v) is 3.88. The van der Waals surface area contributed by atoms with Crippen LogP contribution in [0.25, 0.3) is 0 Å². The van der Waals surface area contributed by atoms with E-state index < -0.39 is 0 Å². The van der Waals surface area contributed by atoms with E-state index in [0.29, 0.717) is 0 Å². The van der Waals surface area contributed by atoms with E-state index in [9.17, 15) is 0 Å². The minimum absolute atomic E-state index is 0.0281. The van der Waals surface area contributed by atoms with Crippen LogP contribution in [-0.2, 0) is 0 Å². The van der Waals surface area contributed by atoms with Gasteiger partial charge in [0, 0.05) is 18.4 Å². The van der Waals surface area contributed by atoms with Crippen molar-refractivity contribution in [3.8, 4) is 5.75 Å². The second kappa shape index (κ2) is 6.52. The lowest BCUT2D eigenvalue weighted by Gasteiger charge is -2.38. The number of ether oxygens (including phenoxy) is 1. The monoisotopic (exact) mass is 338 g/mol. The Balaban J connectivity index is 1.68. The van der Waals surface area contributed by atoms with Gasteiger partial charge in [0.25, 0.3) is 0 Å². The summed E-state index contributed by atoms with van der Waals surface area (Å²) < 4.78 is 6.26. The highest BCUT2D eigenvalue weighted by Gasteiger charge is 2.39. The summed E-state index contributed by atoms with van der Waals surface area (Å²) in [4.78, 5) is 0. The van der Waals surface area contributed by atoms with Crippen molar-refractivity contribution < 1.29 is 4.74 Å². The summed E-state index contributed by atoms with van der Waals surface area (Å²) in [5, 5.41) is 7.15. The number of benzene rings is 2. The van der Waals surface area contributed by atoms with E-state index in [0.717, 1.165) is 30.1 Å². The number of fused-ring (bicyclic) bond motifs is 3. The maximum absolute atomic E-state index is 6.26. The van der Waals surface area contributed by atoms with Crippen LogP contribution < -0.4 is 4.74 Å². The number of nitrogens with zero attached hydrogens (tertiary/aromatic N) is 2. The Hall–Kier alpha value is -1.94. The van der Waals surface area contributed by atoms with E-state index in [2.05, 4.69) is 66.7 Å². The number of hydrogen-bond acceptors (Lipinski definition) is 4. The summed E-state index contributed by atoms with van der Waals surface area (Å²) >= 11 is 1.85. The van der Waals surface area contributed by atoms with E-state index in [1.54, 1.807) is 0 Å². The number of para-hydroxylation sites is 1. The summed E-state index contributed by atoms with van der Waals surface area (Å²) in [5.74, 6) is 2.09. The second-order valence-corrected chi connectivity index (χ2v) is 7.39. The van der Waals surface area contributed by atoms with Gasteiger partial charge in [-0.2, -0.15) is 16.9 Å². The van der Waals surface area contributed by atoms with Crippen LogP contribution in [-0.4, -0.2) is 29.0 Å². The lowest BCUT2D eigenvalue weighted by Crippen LogP contribution is -2.40. The predicted octanol–water partition coefficient (Wildman–Crippen LogP) is 4.62. The van der Waals surface area contributed by atoms with Gasteiger partial charge in [0.1, 0.15) is 5.75 Å². The molecule has 0 unspecified atom stereocenters. The van der Waals surface area contributed by atoms with Gasteiger partial charge in [-0.05, 0) is 30.6 Å². The van der Waals surface area contributed by atoms with Crippen LogP contribution in [0.2, 0.25) is 0 Å². The van der Waals surface area contributed by atoms with Gasteiger partial charge < -0.3 is 4.74 Å². The molecule has 3 nitrogen and oxygen atoms in total. The predicted molar refractivity (Wildman–Crippen MR) is 101 cm³/mol. The Morgan fingerprint density at radius 2 is 1.96 bits per heavy atom. The van der Waals surface area contributed by atoms with Gasteiger partial charge in [-0.15, -0.1) is 0 Å². The van der Waals surface area contributed by atoms with Gasteiger partial charge in [0.2, 0.25) is 0 Å². The van der Waals surface area contributed by atoms with Gasteiger partial charge in [0.15, 0.2) is 6.23 Å². The molecule has 2 aromatic rings. The normalized spacial score (nSPS) is 21.8. The van der Waals surface area contributed by atoms with Crippen LogP contribution in [0, 0.1) is 6.92 Å². The molecule has 2 aromatic carbocycles. The quantitative estimate of drug-likeness (QED) is 0.813. The highest BCUT2D eigenvalue weighted by molar-refractivity contribution is 7.98. The maximum Gasteiger partial charge on any atom is 0.188 e. The van der Waals surface area contributed by atoms with Gasteiger partial charge in [0.05, 0.1) is 11.8 Å². The van der Waals surface area contributed by atoms with E-state index >= 15 is 0 Å². The van der Waals surface area contributed by atoms with Crippen LogP contribution in [0.5, 0.6) is 5.75 Å². The summed E-state index contributed by atoms with van der Waals surface area (Å²) in [6, 6.07) is 17.4. The first kappa shape index (κ1) is 15.6.